The van der Waals surface area contributed by atoms with E-state index in [1.807, 2.05) is 24.3 Å². The molecule has 1 saturated heterocycles. The number of nitrogens with zero attached hydrogens (tertiary/aromatic N) is 1. The Kier molecular flexibility index (Phi) is 5.14. The van der Waals surface area contributed by atoms with Crippen molar-refractivity contribution >= 4 is 11.6 Å². The molecule has 1 atom stereocenters. The Bertz CT molecular complexity index is 593. The van der Waals surface area contributed by atoms with Gasteiger partial charge in [0.25, 0.3) is 0 Å². The number of hydrogen-bond donors (Lipinski definition) is 0. The second-order valence-electron chi connectivity index (χ2n) is 5.98. The summed E-state index contributed by atoms with van der Waals surface area (Å²) < 4.78 is 6.48. The molecule has 3 rings (SSSR count). The van der Waals surface area contributed by atoms with Gasteiger partial charge in [-0.2, -0.15) is 0 Å². The molecular weight excluding hydrogens is 294 g/mol. The second-order valence-corrected chi connectivity index (χ2v) is 6.42. The summed E-state index contributed by atoms with van der Waals surface area (Å²) in [6, 6.07) is 18.4. The first-order valence-corrected chi connectivity index (χ1v) is 8.24. The third kappa shape index (κ3) is 3.89. The van der Waals surface area contributed by atoms with Crippen molar-refractivity contribution in [3.05, 3.63) is 70.7 Å². The highest BCUT2D eigenvalue weighted by atomic mass is 35.5. The van der Waals surface area contributed by atoms with Gasteiger partial charge < -0.3 is 9.64 Å². The van der Waals surface area contributed by atoms with Crippen LogP contribution in [-0.2, 0) is 4.74 Å². The Labute approximate surface area is 137 Å². The number of ether oxygens (including phenoxy) is 1. The highest BCUT2D eigenvalue weighted by molar-refractivity contribution is 6.30. The fourth-order valence-corrected chi connectivity index (χ4v) is 3.16. The van der Waals surface area contributed by atoms with Crippen LogP contribution in [0.2, 0.25) is 5.02 Å². The first kappa shape index (κ1) is 15.5. The molecule has 116 valence electrons. The van der Waals surface area contributed by atoms with Gasteiger partial charge in [0.2, 0.25) is 0 Å². The molecule has 2 nitrogen and oxygen atoms in total. The van der Waals surface area contributed by atoms with Crippen LogP contribution >= 0.6 is 11.6 Å². The molecule has 2 aromatic carbocycles. The fourth-order valence-electron chi connectivity index (χ4n) is 2.96. The molecule has 0 bridgehead atoms. The van der Waals surface area contributed by atoms with E-state index < -0.39 is 0 Å². The Morgan fingerprint density at radius 2 is 1.68 bits per heavy atom. The average molecular weight is 316 g/mol. The summed E-state index contributed by atoms with van der Waals surface area (Å²) in [5.41, 5.74) is 2.31. The van der Waals surface area contributed by atoms with Crippen molar-refractivity contribution in [1.82, 2.24) is 4.90 Å². The van der Waals surface area contributed by atoms with E-state index in [1.54, 1.807) is 0 Å². The van der Waals surface area contributed by atoms with Gasteiger partial charge in [-0.15, -0.1) is 0 Å². The lowest BCUT2D eigenvalue weighted by molar-refractivity contribution is -0.0234. The highest BCUT2D eigenvalue weighted by Crippen LogP contribution is 2.31. The van der Waals surface area contributed by atoms with Gasteiger partial charge in [0, 0.05) is 18.1 Å². The minimum absolute atomic E-state index is 0.0479. The minimum atomic E-state index is -0.0479. The largest absolute Gasteiger partial charge is 0.365 e. The normalized spacial score (nSPS) is 18.3. The van der Waals surface area contributed by atoms with Gasteiger partial charge in [-0.1, -0.05) is 54.1 Å². The molecule has 1 fully saturated rings. The lowest BCUT2D eigenvalue weighted by atomic mass is 10.00. The summed E-state index contributed by atoms with van der Waals surface area (Å²) >= 11 is 6.18. The van der Waals surface area contributed by atoms with Crippen molar-refractivity contribution in [2.45, 2.75) is 25.0 Å². The predicted molar refractivity (Wildman–Crippen MR) is 91.3 cm³/mol. The van der Waals surface area contributed by atoms with Crippen molar-refractivity contribution < 1.29 is 4.74 Å². The van der Waals surface area contributed by atoms with Crippen LogP contribution in [0, 0.1) is 0 Å². The maximum atomic E-state index is 6.48. The monoisotopic (exact) mass is 315 g/mol. The van der Waals surface area contributed by atoms with Crippen LogP contribution in [0.5, 0.6) is 0 Å². The lowest BCUT2D eigenvalue weighted by Gasteiger charge is -2.32. The van der Waals surface area contributed by atoms with Crippen LogP contribution in [0.25, 0.3) is 0 Å². The highest BCUT2D eigenvalue weighted by Gasteiger charge is 2.23. The second kappa shape index (κ2) is 7.28. The van der Waals surface area contributed by atoms with Crippen LogP contribution in [0.1, 0.15) is 30.1 Å². The van der Waals surface area contributed by atoms with Gasteiger partial charge in [-0.3, -0.25) is 0 Å². The summed E-state index contributed by atoms with van der Waals surface area (Å²) in [7, 11) is 2.17. The Hall–Kier alpha value is -1.35. The molecule has 1 aliphatic heterocycles. The van der Waals surface area contributed by atoms with Crippen LogP contribution in [-0.4, -0.2) is 31.1 Å². The fraction of sp³-hybridized carbons (Fsp3) is 0.368. The lowest BCUT2D eigenvalue weighted by Crippen LogP contribution is -2.35. The molecule has 0 radical (unpaired) electrons. The summed E-state index contributed by atoms with van der Waals surface area (Å²) in [5, 5.41) is 0.755. The molecule has 3 heteroatoms. The molecule has 2 aromatic rings. The van der Waals surface area contributed by atoms with Gasteiger partial charge in [0.05, 0.1) is 6.10 Å². The Balaban J connectivity index is 1.83. The molecule has 0 saturated carbocycles. The summed E-state index contributed by atoms with van der Waals surface area (Å²) in [4.78, 5) is 2.36. The summed E-state index contributed by atoms with van der Waals surface area (Å²) in [6.07, 6.45) is 2.43. The quantitative estimate of drug-likeness (QED) is 0.821. The molecule has 1 unspecified atom stereocenters. The van der Waals surface area contributed by atoms with Crippen molar-refractivity contribution in [2.24, 2.45) is 0 Å². The summed E-state index contributed by atoms with van der Waals surface area (Å²) in [6.45, 7) is 2.20. The maximum Gasteiger partial charge on any atom is 0.108 e. The molecule has 0 aliphatic carbocycles. The molecular formula is C19H22ClNO. The van der Waals surface area contributed by atoms with E-state index in [9.17, 15) is 0 Å². The number of rotatable bonds is 4. The SMILES string of the molecule is CN1CCC(OC(c2ccccc2)c2cccc(Cl)c2)CC1. The van der Waals surface area contributed by atoms with E-state index in [-0.39, 0.29) is 6.10 Å². The molecule has 0 amide bonds. The number of benzene rings is 2. The van der Waals surface area contributed by atoms with Gasteiger partial charge in [0.1, 0.15) is 6.10 Å². The van der Waals surface area contributed by atoms with Crippen LogP contribution < -0.4 is 0 Å². The van der Waals surface area contributed by atoms with Gasteiger partial charge in [-0.05, 0) is 43.1 Å². The van der Waals surface area contributed by atoms with Crippen molar-refractivity contribution in [2.75, 3.05) is 20.1 Å². The van der Waals surface area contributed by atoms with E-state index in [0.717, 1.165) is 36.5 Å². The third-order valence-corrected chi connectivity index (χ3v) is 4.48. The number of hydrogen-bond acceptors (Lipinski definition) is 2. The zero-order valence-electron chi connectivity index (χ0n) is 12.9. The average Bonchev–Trinajstić information content (AvgIpc) is 2.55. The molecule has 0 aromatic heterocycles. The summed E-state index contributed by atoms with van der Waals surface area (Å²) in [5.74, 6) is 0. The van der Waals surface area contributed by atoms with E-state index in [4.69, 9.17) is 16.3 Å². The first-order valence-electron chi connectivity index (χ1n) is 7.87. The maximum absolute atomic E-state index is 6.48. The zero-order chi connectivity index (χ0) is 15.4. The minimum Gasteiger partial charge on any atom is -0.365 e. The van der Waals surface area contributed by atoms with E-state index in [2.05, 4.69) is 42.3 Å². The van der Waals surface area contributed by atoms with E-state index >= 15 is 0 Å². The van der Waals surface area contributed by atoms with Gasteiger partial charge >= 0.3 is 0 Å². The third-order valence-electron chi connectivity index (χ3n) is 4.25. The Morgan fingerprint density at radius 1 is 1.00 bits per heavy atom. The van der Waals surface area contributed by atoms with Gasteiger partial charge in [0.15, 0.2) is 0 Å². The van der Waals surface area contributed by atoms with Gasteiger partial charge in [-0.25, -0.2) is 0 Å². The smallest absolute Gasteiger partial charge is 0.108 e. The predicted octanol–water partition coefficient (Wildman–Crippen LogP) is 4.54. The standard InChI is InChI=1S/C19H22ClNO/c1-21-12-10-18(11-13-21)22-19(15-6-3-2-4-7-15)16-8-5-9-17(20)14-16/h2-9,14,18-19H,10-13H2,1H3. The van der Waals surface area contributed by atoms with Crippen LogP contribution in [0.4, 0.5) is 0 Å². The van der Waals surface area contributed by atoms with Crippen LogP contribution in [0.3, 0.4) is 0 Å². The molecule has 0 N–H and O–H groups in total. The van der Waals surface area contributed by atoms with E-state index in [0.29, 0.717) is 6.10 Å². The van der Waals surface area contributed by atoms with Crippen molar-refractivity contribution in [3.8, 4) is 0 Å². The van der Waals surface area contributed by atoms with E-state index in [1.165, 1.54) is 5.56 Å². The van der Waals surface area contributed by atoms with Crippen molar-refractivity contribution in [1.29, 1.82) is 0 Å². The number of likely N-dealkylation sites (tertiary alicyclic amines) is 1. The zero-order valence-corrected chi connectivity index (χ0v) is 13.7. The first-order chi connectivity index (χ1) is 10.7. The molecule has 22 heavy (non-hydrogen) atoms. The van der Waals surface area contributed by atoms with Crippen molar-refractivity contribution in [3.63, 3.8) is 0 Å². The molecule has 1 aliphatic rings. The Morgan fingerprint density at radius 3 is 2.36 bits per heavy atom. The molecule has 1 heterocycles. The number of piperidine rings is 1. The number of halogens is 1. The molecule has 0 spiro atoms. The van der Waals surface area contributed by atoms with Crippen LogP contribution in [0.15, 0.2) is 54.6 Å². The topological polar surface area (TPSA) is 12.5 Å².